The first-order chi connectivity index (χ1) is 7.59. The van der Waals surface area contributed by atoms with Crippen molar-refractivity contribution in [2.24, 2.45) is 0 Å². The van der Waals surface area contributed by atoms with Crippen molar-refractivity contribution in [3.8, 4) is 0 Å². The molecule has 6 heteroatoms. The predicted octanol–water partition coefficient (Wildman–Crippen LogP) is -0.656. The molecular formula is C10H18N2O4. The number of carbonyl (C=O) groups excluding carboxylic acids is 1. The molecule has 0 aliphatic carbocycles. The van der Waals surface area contributed by atoms with Crippen LogP contribution in [-0.2, 0) is 14.3 Å². The van der Waals surface area contributed by atoms with Crippen LogP contribution in [-0.4, -0.2) is 48.8 Å². The summed E-state index contributed by atoms with van der Waals surface area (Å²) in [5.74, 6) is -1.35. The van der Waals surface area contributed by atoms with Crippen molar-refractivity contribution in [1.29, 1.82) is 0 Å². The predicted molar refractivity (Wildman–Crippen MR) is 57.1 cm³/mol. The average Bonchev–Trinajstić information content (AvgIpc) is 2.25. The molecule has 0 aromatic rings. The smallest absolute Gasteiger partial charge is 0.327 e. The van der Waals surface area contributed by atoms with E-state index in [1.165, 1.54) is 6.92 Å². The van der Waals surface area contributed by atoms with Crippen LogP contribution in [0.4, 0.5) is 0 Å². The number of nitrogens with one attached hydrogen (secondary N) is 2. The SMILES string of the molecule is CC(=O)NC(CNC1CCOCC1)C(=O)O. The molecule has 1 fully saturated rings. The van der Waals surface area contributed by atoms with E-state index in [-0.39, 0.29) is 18.5 Å². The summed E-state index contributed by atoms with van der Waals surface area (Å²) in [5, 5.41) is 14.4. The lowest BCUT2D eigenvalue weighted by molar-refractivity contribution is -0.141. The van der Waals surface area contributed by atoms with Crippen LogP contribution < -0.4 is 10.6 Å². The third-order valence-corrected chi connectivity index (χ3v) is 2.51. The molecule has 1 amide bonds. The summed E-state index contributed by atoms with van der Waals surface area (Å²) in [4.78, 5) is 21.6. The van der Waals surface area contributed by atoms with E-state index in [0.29, 0.717) is 13.2 Å². The summed E-state index contributed by atoms with van der Waals surface area (Å²) < 4.78 is 5.19. The van der Waals surface area contributed by atoms with E-state index in [4.69, 9.17) is 9.84 Å². The Hall–Kier alpha value is -1.14. The Morgan fingerprint density at radius 1 is 1.44 bits per heavy atom. The van der Waals surface area contributed by atoms with E-state index >= 15 is 0 Å². The van der Waals surface area contributed by atoms with Gasteiger partial charge in [0.05, 0.1) is 0 Å². The van der Waals surface area contributed by atoms with E-state index in [1.54, 1.807) is 0 Å². The van der Waals surface area contributed by atoms with Gasteiger partial charge in [-0.2, -0.15) is 0 Å². The lowest BCUT2D eigenvalue weighted by Crippen LogP contribution is -2.49. The third kappa shape index (κ3) is 4.59. The van der Waals surface area contributed by atoms with Crippen molar-refractivity contribution in [2.45, 2.75) is 31.8 Å². The lowest BCUT2D eigenvalue weighted by Gasteiger charge is -2.24. The van der Waals surface area contributed by atoms with E-state index in [9.17, 15) is 9.59 Å². The molecule has 3 N–H and O–H groups in total. The number of aliphatic carboxylic acids is 1. The molecule has 1 atom stereocenters. The molecule has 1 rings (SSSR count). The third-order valence-electron chi connectivity index (χ3n) is 2.51. The van der Waals surface area contributed by atoms with Crippen molar-refractivity contribution >= 4 is 11.9 Å². The summed E-state index contributed by atoms with van der Waals surface area (Å²) in [6.07, 6.45) is 1.76. The highest BCUT2D eigenvalue weighted by Gasteiger charge is 2.20. The van der Waals surface area contributed by atoms with Crippen LogP contribution in [0.2, 0.25) is 0 Å². The lowest BCUT2D eigenvalue weighted by atomic mass is 10.1. The maximum Gasteiger partial charge on any atom is 0.327 e. The molecular weight excluding hydrogens is 212 g/mol. The minimum Gasteiger partial charge on any atom is -0.480 e. The number of amides is 1. The number of carboxylic acids is 1. The van der Waals surface area contributed by atoms with Gasteiger partial charge in [-0.1, -0.05) is 0 Å². The van der Waals surface area contributed by atoms with E-state index in [1.807, 2.05) is 0 Å². The summed E-state index contributed by atoms with van der Waals surface area (Å²) in [6.45, 7) is 2.97. The second-order valence-corrected chi connectivity index (χ2v) is 3.89. The van der Waals surface area contributed by atoms with Gasteiger partial charge in [-0.05, 0) is 12.8 Å². The van der Waals surface area contributed by atoms with Crippen LogP contribution in [0, 0.1) is 0 Å². The second kappa shape index (κ2) is 6.44. The fraction of sp³-hybridized carbons (Fsp3) is 0.800. The normalized spacial score (nSPS) is 19.1. The van der Waals surface area contributed by atoms with E-state index < -0.39 is 12.0 Å². The Morgan fingerprint density at radius 3 is 2.56 bits per heavy atom. The first-order valence-electron chi connectivity index (χ1n) is 5.40. The number of ether oxygens (including phenoxy) is 1. The highest BCUT2D eigenvalue weighted by atomic mass is 16.5. The monoisotopic (exact) mass is 230 g/mol. The molecule has 0 aromatic heterocycles. The van der Waals surface area contributed by atoms with Crippen molar-refractivity contribution < 1.29 is 19.4 Å². The minimum atomic E-state index is -1.02. The van der Waals surface area contributed by atoms with Gasteiger partial charge in [0.2, 0.25) is 5.91 Å². The summed E-state index contributed by atoms with van der Waals surface area (Å²) >= 11 is 0. The van der Waals surface area contributed by atoms with Gasteiger partial charge in [-0.15, -0.1) is 0 Å². The molecule has 0 saturated carbocycles. The van der Waals surface area contributed by atoms with E-state index in [0.717, 1.165) is 12.8 Å². The van der Waals surface area contributed by atoms with Crippen LogP contribution in [0.3, 0.4) is 0 Å². The van der Waals surface area contributed by atoms with Gasteiger partial charge >= 0.3 is 5.97 Å². The first kappa shape index (κ1) is 12.9. The maximum absolute atomic E-state index is 10.8. The zero-order valence-corrected chi connectivity index (χ0v) is 9.36. The summed E-state index contributed by atoms with van der Waals surface area (Å²) in [6, 6.07) is -0.579. The molecule has 1 aliphatic heterocycles. The molecule has 1 aliphatic rings. The van der Waals surface area contributed by atoms with Gasteiger partial charge in [0.15, 0.2) is 0 Å². The number of hydrogen-bond acceptors (Lipinski definition) is 4. The molecule has 92 valence electrons. The topological polar surface area (TPSA) is 87.7 Å². The zero-order valence-electron chi connectivity index (χ0n) is 9.36. The molecule has 1 heterocycles. The quantitative estimate of drug-likeness (QED) is 0.584. The Bertz CT molecular complexity index is 251. The van der Waals surface area contributed by atoms with E-state index in [2.05, 4.69) is 10.6 Å². The van der Waals surface area contributed by atoms with Crippen LogP contribution in [0.15, 0.2) is 0 Å². The highest BCUT2D eigenvalue weighted by molar-refractivity contribution is 5.82. The second-order valence-electron chi connectivity index (χ2n) is 3.89. The number of hydrogen-bond donors (Lipinski definition) is 3. The largest absolute Gasteiger partial charge is 0.480 e. The number of carbonyl (C=O) groups is 2. The van der Waals surface area contributed by atoms with Gasteiger partial charge in [0, 0.05) is 32.7 Å². The van der Waals surface area contributed by atoms with Gasteiger partial charge in [0.25, 0.3) is 0 Å². The Kier molecular flexibility index (Phi) is 5.21. The van der Waals surface area contributed by atoms with Crippen molar-refractivity contribution in [3.05, 3.63) is 0 Å². The standard InChI is InChI=1S/C10H18N2O4/c1-7(13)12-9(10(14)15)6-11-8-2-4-16-5-3-8/h8-9,11H,2-6H2,1H3,(H,12,13)(H,14,15). The van der Waals surface area contributed by atoms with Crippen LogP contribution in [0.5, 0.6) is 0 Å². The average molecular weight is 230 g/mol. The van der Waals surface area contributed by atoms with Gasteiger partial charge in [-0.25, -0.2) is 4.79 Å². The zero-order chi connectivity index (χ0) is 12.0. The maximum atomic E-state index is 10.8. The van der Waals surface area contributed by atoms with Crippen molar-refractivity contribution in [2.75, 3.05) is 19.8 Å². The Labute approximate surface area is 94.3 Å². The molecule has 0 aromatic carbocycles. The van der Waals surface area contributed by atoms with Crippen molar-refractivity contribution in [3.63, 3.8) is 0 Å². The summed E-state index contributed by atoms with van der Waals surface area (Å²) in [7, 11) is 0. The van der Waals surface area contributed by atoms with Gasteiger partial charge < -0.3 is 20.5 Å². The molecule has 6 nitrogen and oxygen atoms in total. The number of carboxylic acid groups (broad SMARTS) is 1. The fourth-order valence-electron chi connectivity index (χ4n) is 1.63. The molecule has 1 unspecified atom stereocenters. The van der Waals surface area contributed by atoms with Crippen molar-refractivity contribution in [1.82, 2.24) is 10.6 Å². The number of rotatable bonds is 5. The summed E-state index contributed by atoms with van der Waals surface area (Å²) in [5.41, 5.74) is 0. The molecule has 0 spiro atoms. The van der Waals surface area contributed by atoms with Crippen LogP contribution >= 0.6 is 0 Å². The van der Waals surface area contributed by atoms with Gasteiger partial charge in [-0.3, -0.25) is 4.79 Å². The highest BCUT2D eigenvalue weighted by Crippen LogP contribution is 2.05. The molecule has 0 radical (unpaired) electrons. The fourth-order valence-corrected chi connectivity index (χ4v) is 1.63. The Morgan fingerprint density at radius 2 is 2.06 bits per heavy atom. The first-order valence-corrected chi connectivity index (χ1v) is 5.40. The Balaban J connectivity index is 2.30. The molecule has 1 saturated heterocycles. The van der Waals surface area contributed by atoms with Gasteiger partial charge in [0.1, 0.15) is 6.04 Å². The molecule has 0 bridgehead atoms. The van der Waals surface area contributed by atoms with Crippen LogP contribution in [0.1, 0.15) is 19.8 Å². The van der Waals surface area contributed by atoms with Crippen LogP contribution in [0.25, 0.3) is 0 Å². The minimum absolute atomic E-state index is 0.250. The molecule has 16 heavy (non-hydrogen) atoms.